The molecular formula is C18H20ClN3O2S. The van der Waals surface area contributed by atoms with E-state index in [0.717, 1.165) is 16.9 Å². The van der Waals surface area contributed by atoms with Gasteiger partial charge in [-0.25, -0.2) is 18.1 Å². The van der Waals surface area contributed by atoms with Crippen molar-refractivity contribution < 1.29 is 8.42 Å². The van der Waals surface area contributed by atoms with Gasteiger partial charge in [0, 0.05) is 19.0 Å². The summed E-state index contributed by atoms with van der Waals surface area (Å²) in [6.45, 7) is 4.43. The smallest absolute Gasteiger partial charge is 0.242 e. The molecule has 1 heterocycles. The summed E-state index contributed by atoms with van der Waals surface area (Å²) in [6, 6.07) is 14.6. The molecule has 7 heteroatoms. The van der Waals surface area contributed by atoms with Gasteiger partial charge in [0.15, 0.2) is 0 Å². The molecule has 0 fully saturated rings. The molecule has 0 aliphatic heterocycles. The van der Waals surface area contributed by atoms with Gasteiger partial charge in [-0.15, -0.1) is 0 Å². The normalized spacial score (nSPS) is 12.2. The molecule has 0 atom stereocenters. The minimum absolute atomic E-state index is 0.0917. The molecular weight excluding hydrogens is 358 g/mol. The van der Waals surface area contributed by atoms with E-state index in [0.29, 0.717) is 6.42 Å². The number of benzene rings is 2. The highest BCUT2D eigenvalue weighted by Gasteiger charge is 2.18. The molecule has 0 radical (unpaired) electrons. The number of aromatic nitrogens is 2. The fourth-order valence-corrected chi connectivity index (χ4v) is 4.43. The number of hydrogen-bond acceptors (Lipinski definition) is 3. The first-order valence-electron chi connectivity index (χ1n) is 8.10. The molecule has 0 bridgehead atoms. The van der Waals surface area contributed by atoms with Crippen molar-refractivity contribution >= 4 is 32.7 Å². The van der Waals surface area contributed by atoms with Crippen LogP contribution in [0.1, 0.15) is 25.7 Å². The van der Waals surface area contributed by atoms with E-state index in [1.165, 1.54) is 6.07 Å². The first kappa shape index (κ1) is 17.9. The molecule has 3 aromatic rings. The highest BCUT2D eigenvalue weighted by Crippen LogP contribution is 2.22. The zero-order valence-corrected chi connectivity index (χ0v) is 15.7. The first-order chi connectivity index (χ1) is 11.9. The fourth-order valence-electron chi connectivity index (χ4n) is 2.88. The Morgan fingerprint density at radius 2 is 1.80 bits per heavy atom. The Morgan fingerprint density at radius 3 is 2.52 bits per heavy atom. The SMILES string of the molecule is CC(C)n1c(CCNS(=O)(=O)c2ccccc2Cl)nc2ccccc21. The molecule has 0 aliphatic carbocycles. The summed E-state index contributed by atoms with van der Waals surface area (Å²) in [5, 5.41) is 0.212. The number of sulfonamides is 1. The number of hydrogen-bond donors (Lipinski definition) is 1. The highest BCUT2D eigenvalue weighted by molar-refractivity contribution is 7.89. The number of nitrogens with one attached hydrogen (secondary N) is 1. The summed E-state index contributed by atoms with van der Waals surface area (Å²) in [4.78, 5) is 4.74. The molecule has 5 nitrogen and oxygen atoms in total. The van der Waals surface area contributed by atoms with E-state index in [1.54, 1.807) is 18.2 Å². The average Bonchev–Trinajstić information content (AvgIpc) is 2.93. The van der Waals surface area contributed by atoms with Gasteiger partial charge >= 0.3 is 0 Å². The molecule has 0 spiro atoms. The van der Waals surface area contributed by atoms with Gasteiger partial charge in [-0.05, 0) is 38.1 Å². The molecule has 2 aromatic carbocycles. The van der Waals surface area contributed by atoms with Crippen molar-refractivity contribution in [2.24, 2.45) is 0 Å². The standard InChI is InChI=1S/C18H20ClN3O2S/c1-13(2)22-16-9-5-4-8-15(16)21-18(22)11-12-20-25(23,24)17-10-6-3-7-14(17)19/h3-10,13,20H,11-12H2,1-2H3. The Morgan fingerprint density at radius 1 is 1.12 bits per heavy atom. The predicted molar refractivity (Wildman–Crippen MR) is 100 cm³/mol. The van der Waals surface area contributed by atoms with Gasteiger partial charge in [-0.2, -0.15) is 0 Å². The second-order valence-corrected chi connectivity index (χ2v) is 8.20. The lowest BCUT2D eigenvalue weighted by Gasteiger charge is -2.13. The van der Waals surface area contributed by atoms with E-state index in [1.807, 2.05) is 24.3 Å². The van der Waals surface area contributed by atoms with Crippen LogP contribution in [-0.4, -0.2) is 24.5 Å². The number of imidazole rings is 1. The van der Waals surface area contributed by atoms with Crippen molar-refractivity contribution in [1.29, 1.82) is 0 Å². The fraction of sp³-hybridized carbons (Fsp3) is 0.278. The molecule has 3 rings (SSSR count). The lowest BCUT2D eigenvalue weighted by atomic mass is 10.3. The summed E-state index contributed by atoms with van der Waals surface area (Å²) in [5.74, 6) is 0.859. The van der Waals surface area contributed by atoms with E-state index >= 15 is 0 Å². The van der Waals surface area contributed by atoms with Crippen LogP contribution in [0.4, 0.5) is 0 Å². The molecule has 25 heavy (non-hydrogen) atoms. The van der Waals surface area contributed by atoms with Gasteiger partial charge in [0.05, 0.1) is 16.1 Å². The Hall–Kier alpha value is -1.89. The summed E-state index contributed by atoms with van der Waals surface area (Å²) < 4.78 is 29.6. The summed E-state index contributed by atoms with van der Waals surface area (Å²) in [6.07, 6.45) is 0.497. The third kappa shape index (κ3) is 3.71. The quantitative estimate of drug-likeness (QED) is 0.710. The minimum atomic E-state index is -3.64. The van der Waals surface area contributed by atoms with Crippen LogP contribution in [0.5, 0.6) is 0 Å². The number of fused-ring (bicyclic) bond motifs is 1. The van der Waals surface area contributed by atoms with Crippen LogP contribution >= 0.6 is 11.6 Å². The van der Waals surface area contributed by atoms with Crippen LogP contribution in [-0.2, 0) is 16.4 Å². The number of nitrogens with zero attached hydrogens (tertiary/aromatic N) is 2. The minimum Gasteiger partial charge on any atom is -0.325 e. The molecule has 0 saturated heterocycles. The average molecular weight is 378 g/mol. The van der Waals surface area contributed by atoms with Crippen LogP contribution in [0, 0.1) is 0 Å². The Bertz CT molecular complexity index is 996. The van der Waals surface area contributed by atoms with Crippen LogP contribution in [0.2, 0.25) is 5.02 Å². The maximum atomic E-state index is 12.4. The van der Waals surface area contributed by atoms with Crippen molar-refractivity contribution in [3.8, 4) is 0 Å². The summed E-state index contributed by atoms with van der Waals surface area (Å²) in [7, 11) is -3.64. The number of rotatable bonds is 6. The van der Waals surface area contributed by atoms with E-state index in [2.05, 4.69) is 28.1 Å². The first-order valence-corrected chi connectivity index (χ1v) is 9.96. The van der Waals surface area contributed by atoms with Crippen molar-refractivity contribution in [2.75, 3.05) is 6.54 Å². The maximum Gasteiger partial charge on any atom is 0.242 e. The maximum absolute atomic E-state index is 12.4. The molecule has 132 valence electrons. The van der Waals surface area contributed by atoms with Crippen LogP contribution in [0.25, 0.3) is 11.0 Å². The number of para-hydroxylation sites is 2. The van der Waals surface area contributed by atoms with Crippen LogP contribution < -0.4 is 4.72 Å². The van der Waals surface area contributed by atoms with Gasteiger partial charge in [0.25, 0.3) is 0 Å². The second kappa shape index (κ2) is 7.15. The van der Waals surface area contributed by atoms with E-state index in [9.17, 15) is 8.42 Å². The Kier molecular flexibility index (Phi) is 5.13. The lowest BCUT2D eigenvalue weighted by molar-refractivity contribution is 0.567. The molecule has 0 amide bonds. The van der Waals surface area contributed by atoms with Gasteiger partial charge in [0.2, 0.25) is 10.0 Å². The third-order valence-corrected chi connectivity index (χ3v) is 5.91. The van der Waals surface area contributed by atoms with E-state index in [4.69, 9.17) is 11.6 Å². The zero-order valence-electron chi connectivity index (χ0n) is 14.1. The van der Waals surface area contributed by atoms with Crippen LogP contribution in [0.15, 0.2) is 53.4 Å². The van der Waals surface area contributed by atoms with Gasteiger partial charge in [-0.3, -0.25) is 0 Å². The highest BCUT2D eigenvalue weighted by atomic mass is 35.5. The summed E-state index contributed by atoms with van der Waals surface area (Å²) in [5.41, 5.74) is 1.97. The molecule has 0 unspecified atom stereocenters. The second-order valence-electron chi connectivity index (χ2n) is 6.06. The van der Waals surface area contributed by atoms with Gasteiger partial charge in [-0.1, -0.05) is 35.9 Å². The predicted octanol–water partition coefficient (Wildman–Crippen LogP) is 3.79. The monoisotopic (exact) mass is 377 g/mol. The van der Waals surface area contributed by atoms with Gasteiger partial charge < -0.3 is 4.57 Å². The van der Waals surface area contributed by atoms with E-state index in [-0.39, 0.29) is 22.5 Å². The van der Waals surface area contributed by atoms with Crippen LogP contribution in [0.3, 0.4) is 0 Å². The van der Waals surface area contributed by atoms with Crippen molar-refractivity contribution in [2.45, 2.75) is 31.2 Å². The topological polar surface area (TPSA) is 64.0 Å². The Labute approximate surface area is 152 Å². The van der Waals surface area contributed by atoms with Gasteiger partial charge in [0.1, 0.15) is 10.7 Å². The van der Waals surface area contributed by atoms with Crippen molar-refractivity contribution in [1.82, 2.24) is 14.3 Å². The molecule has 0 saturated carbocycles. The van der Waals surface area contributed by atoms with Crippen molar-refractivity contribution in [3.63, 3.8) is 0 Å². The van der Waals surface area contributed by atoms with Crippen molar-refractivity contribution in [3.05, 3.63) is 59.4 Å². The molecule has 1 N–H and O–H groups in total. The molecule has 0 aliphatic rings. The zero-order chi connectivity index (χ0) is 18.0. The lowest BCUT2D eigenvalue weighted by Crippen LogP contribution is -2.27. The molecule has 1 aromatic heterocycles. The largest absolute Gasteiger partial charge is 0.325 e. The Balaban J connectivity index is 1.80. The summed E-state index contributed by atoms with van der Waals surface area (Å²) >= 11 is 5.99. The number of halogens is 1. The third-order valence-electron chi connectivity index (χ3n) is 3.95. The van der Waals surface area contributed by atoms with E-state index < -0.39 is 10.0 Å².